The zero-order valence-corrected chi connectivity index (χ0v) is 13.5. The van der Waals surface area contributed by atoms with Crippen LogP contribution in [-0.2, 0) is 6.18 Å². The Morgan fingerprint density at radius 3 is 2.11 bits per heavy atom. The van der Waals surface area contributed by atoms with E-state index in [4.69, 9.17) is 0 Å². The zero-order valence-electron chi connectivity index (χ0n) is 13.5. The van der Waals surface area contributed by atoms with Crippen LogP contribution in [0.15, 0.2) is 59.4 Å². The van der Waals surface area contributed by atoms with E-state index in [9.17, 15) is 31.1 Å². The summed E-state index contributed by atoms with van der Waals surface area (Å²) >= 11 is 0. The van der Waals surface area contributed by atoms with Crippen LogP contribution in [0.2, 0.25) is 0 Å². The number of pyridine rings is 1. The number of rotatable bonds is 3. The lowest BCUT2D eigenvalue weighted by molar-refractivity contribution is -0.136. The number of fused-ring (bicyclic) bond motifs is 1. The van der Waals surface area contributed by atoms with Gasteiger partial charge in [-0.3, -0.25) is 4.79 Å². The van der Waals surface area contributed by atoms with Gasteiger partial charge in [-0.15, -0.1) is 0 Å². The maximum Gasteiger partial charge on any atom is 0.417 e. The molecule has 0 saturated heterocycles. The van der Waals surface area contributed by atoms with Crippen molar-refractivity contribution in [3.63, 3.8) is 0 Å². The number of aromatic nitrogens is 1. The van der Waals surface area contributed by atoms with Gasteiger partial charge in [0.15, 0.2) is 0 Å². The molecular weight excluding hydrogens is 374 g/mol. The fraction of sp³-hybridized carbons (Fsp3) is 0.167. The quantitative estimate of drug-likeness (QED) is 0.657. The highest BCUT2D eigenvalue weighted by Gasteiger charge is 2.34. The summed E-state index contributed by atoms with van der Waals surface area (Å²) in [5.74, 6) is 0. The van der Waals surface area contributed by atoms with Crippen molar-refractivity contribution >= 4 is 10.9 Å². The van der Waals surface area contributed by atoms with Gasteiger partial charge in [0.1, 0.15) is 6.54 Å². The molecule has 0 radical (unpaired) electrons. The summed E-state index contributed by atoms with van der Waals surface area (Å²) < 4.78 is 78.1. The van der Waals surface area contributed by atoms with Crippen molar-refractivity contribution in [2.75, 3.05) is 12.0 Å². The van der Waals surface area contributed by atoms with E-state index in [-0.39, 0.29) is 10.9 Å². The largest absolute Gasteiger partial charge is 0.417 e. The number of nitrogens with zero attached hydrogens (tertiary/aromatic N) is 1. The first-order valence-electron chi connectivity index (χ1n) is 7.69. The van der Waals surface area contributed by atoms with E-state index < -0.39 is 30.0 Å². The van der Waals surface area contributed by atoms with Gasteiger partial charge in [-0.25, -0.2) is 4.68 Å². The van der Waals surface area contributed by atoms with E-state index in [1.165, 1.54) is 18.2 Å². The molecule has 0 aliphatic carbocycles. The van der Waals surface area contributed by atoms with Crippen LogP contribution >= 0.6 is 0 Å². The van der Waals surface area contributed by atoms with Gasteiger partial charge in [0.2, 0.25) is 0 Å². The molecule has 27 heavy (non-hydrogen) atoms. The highest BCUT2D eigenvalue weighted by Crippen LogP contribution is 2.35. The van der Waals surface area contributed by atoms with E-state index in [0.29, 0.717) is 21.9 Å². The number of hydrogen-bond donors (Lipinski definition) is 1. The molecule has 0 amide bonds. The van der Waals surface area contributed by atoms with Gasteiger partial charge >= 0.3 is 12.4 Å². The molecule has 1 heterocycles. The molecule has 0 bridgehead atoms. The third kappa shape index (κ3) is 4.07. The first-order valence-corrected chi connectivity index (χ1v) is 7.69. The lowest BCUT2D eigenvalue weighted by atomic mass is 10.0. The highest BCUT2D eigenvalue weighted by molar-refractivity contribution is 5.88. The van der Waals surface area contributed by atoms with Crippen molar-refractivity contribution in [2.24, 2.45) is 0 Å². The molecule has 3 rings (SSSR count). The third-order valence-electron chi connectivity index (χ3n) is 3.87. The minimum Gasteiger partial charge on any atom is -0.313 e. The second-order valence-corrected chi connectivity index (χ2v) is 5.78. The molecule has 0 aliphatic rings. The molecule has 0 aliphatic heterocycles. The Morgan fingerprint density at radius 2 is 1.52 bits per heavy atom. The number of hydrogen-bond acceptors (Lipinski definition) is 2. The Bertz CT molecular complexity index is 1020. The molecule has 0 fully saturated rings. The monoisotopic (exact) mass is 386 g/mol. The van der Waals surface area contributed by atoms with E-state index in [1.807, 2.05) is 5.43 Å². The van der Waals surface area contributed by atoms with Gasteiger partial charge in [0, 0.05) is 11.5 Å². The molecule has 142 valence electrons. The molecule has 0 saturated carbocycles. The first kappa shape index (κ1) is 18.8. The molecule has 0 atom stereocenters. The number of halogens is 6. The minimum atomic E-state index is -4.84. The SMILES string of the molecule is O=c1cc(C(F)(F)F)c2cc(-c3ccccc3)ccc2n1NCC(F)(F)F. The molecule has 1 N–H and O–H groups in total. The van der Waals surface area contributed by atoms with Crippen molar-refractivity contribution in [2.45, 2.75) is 12.4 Å². The second kappa shape index (κ2) is 6.64. The van der Waals surface area contributed by atoms with Gasteiger partial charge in [-0.2, -0.15) is 26.3 Å². The average Bonchev–Trinajstić information content (AvgIpc) is 2.59. The predicted octanol–water partition coefficient (Wildman–Crippen LogP) is 4.79. The standard InChI is InChI=1S/C18H12F6N2O/c19-17(20,21)10-25-26-15-7-6-12(11-4-2-1-3-5-11)8-13(15)14(9-16(26)27)18(22,23)24/h1-9,25H,10H2. The average molecular weight is 386 g/mol. The molecule has 3 nitrogen and oxygen atoms in total. The zero-order chi connectivity index (χ0) is 19.8. The summed E-state index contributed by atoms with van der Waals surface area (Å²) in [6, 6.07) is 12.7. The molecule has 9 heteroatoms. The number of benzene rings is 2. The smallest absolute Gasteiger partial charge is 0.313 e. The Labute approximate surface area is 148 Å². The summed E-state index contributed by atoms with van der Waals surface area (Å²) in [4.78, 5) is 12.0. The summed E-state index contributed by atoms with van der Waals surface area (Å²) in [6.45, 7) is -1.56. The van der Waals surface area contributed by atoms with Crippen LogP contribution in [0, 0.1) is 0 Å². The lowest BCUT2D eigenvalue weighted by Crippen LogP contribution is -2.35. The predicted molar refractivity (Wildman–Crippen MR) is 88.9 cm³/mol. The van der Waals surface area contributed by atoms with Crippen molar-refractivity contribution in [1.82, 2.24) is 4.68 Å². The molecule has 2 aromatic carbocycles. The Hall–Kier alpha value is -2.97. The van der Waals surface area contributed by atoms with Gasteiger partial charge in [-0.1, -0.05) is 36.4 Å². The van der Waals surface area contributed by atoms with Crippen molar-refractivity contribution in [1.29, 1.82) is 0 Å². The van der Waals surface area contributed by atoms with Crippen LogP contribution in [0.25, 0.3) is 22.0 Å². The minimum absolute atomic E-state index is 0.292. The van der Waals surface area contributed by atoms with Gasteiger partial charge < -0.3 is 5.43 Å². The van der Waals surface area contributed by atoms with Gasteiger partial charge in [-0.05, 0) is 23.3 Å². The Morgan fingerprint density at radius 1 is 0.852 bits per heavy atom. The topological polar surface area (TPSA) is 34.0 Å². The fourth-order valence-corrected chi connectivity index (χ4v) is 2.71. The molecule has 0 spiro atoms. The van der Waals surface area contributed by atoms with Crippen LogP contribution < -0.4 is 11.0 Å². The maximum absolute atomic E-state index is 13.4. The van der Waals surface area contributed by atoms with Crippen molar-refractivity contribution < 1.29 is 26.3 Å². The number of nitrogens with one attached hydrogen (secondary N) is 1. The molecule has 1 aromatic heterocycles. The Kier molecular flexibility index (Phi) is 4.63. The second-order valence-electron chi connectivity index (χ2n) is 5.78. The van der Waals surface area contributed by atoms with Crippen molar-refractivity contribution in [3.8, 4) is 11.1 Å². The highest BCUT2D eigenvalue weighted by atomic mass is 19.4. The van der Waals surface area contributed by atoms with E-state index >= 15 is 0 Å². The van der Waals surface area contributed by atoms with Crippen LogP contribution in [-0.4, -0.2) is 17.4 Å². The van der Waals surface area contributed by atoms with Crippen LogP contribution in [0.4, 0.5) is 26.3 Å². The summed E-state index contributed by atoms with van der Waals surface area (Å²) in [5.41, 5.74) is 0.192. The number of alkyl halides is 6. The van der Waals surface area contributed by atoms with E-state index in [2.05, 4.69) is 0 Å². The summed E-state index contributed by atoms with van der Waals surface area (Å²) in [6.07, 6.45) is -9.48. The molecular formula is C18H12F6N2O. The van der Waals surface area contributed by atoms with Gasteiger partial charge in [0.05, 0.1) is 11.1 Å². The molecule has 3 aromatic rings. The van der Waals surface area contributed by atoms with Gasteiger partial charge in [0.25, 0.3) is 5.56 Å². The van der Waals surface area contributed by atoms with Crippen LogP contribution in [0.5, 0.6) is 0 Å². The first-order chi connectivity index (χ1) is 12.6. The maximum atomic E-state index is 13.4. The van der Waals surface area contributed by atoms with E-state index in [0.717, 1.165) is 0 Å². The van der Waals surface area contributed by atoms with Crippen LogP contribution in [0.1, 0.15) is 5.56 Å². The molecule has 0 unspecified atom stereocenters. The summed E-state index contributed by atoms with van der Waals surface area (Å²) in [7, 11) is 0. The summed E-state index contributed by atoms with van der Waals surface area (Å²) in [5, 5.41) is -0.377. The lowest BCUT2D eigenvalue weighted by Gasteiger charge is -2.18. The normalized spacial score (nSPS) is 12.4. The Balaban J connectivity index is 2.24. The third-order valence-corrected chi connectivity index (χ3v) is 3.87. The van der Waals surface area contributed by atoms with Crippen LogP contribution in [0.3, 0.4) is 0 Å². The fourth-order valence-electron chi connectivity index (χ4n) is 2.71. The van der Waals surface area contributed by atoms with Crippen molar-refractivity contribution in [3.05, 3.63) is 70.5 Å². The van der Waals surface area contributed by atoms with E-state index in [1.54, 1.807) is 30.3 Å².